The summed E-state index contributed by atoms with van der Waals surface area (Å²) in [5, 5.41) is 9.68. The van der Waals surface area contributed by atoms with Gasteiger partial charge in [0.05, 0.1) is 19.2 Å². The molecule has 0 amide bonds. The van der Waals surface area contributed by atoms with Gasteiger partial charge in [0.2, 0.25) is 0 Å². The standard InChI is InChI=1S/C12H14N2O4/c1-16-5-6-18-10-7-8-11(14-12(10)17-2)9(15)3-4-13-8/h3-4,7H,5-6H2,1-2H3,(H,13,15). The summed E-state index contributed by atoms with van der Waals surface area (Å²) in [5.41, 5.74) is 0.927. The Morgan fingerprint density at radius 3 is 2.83 bits per heavy atom. The number of hydrogen-bond acceptors (Lipinski definition) is 6. The topological polar surface area (TPSA) is 73.7 Å². The molecule has 0 atom stereocenters. The smallest absolute Gasteiger partial charge is 0.257 e. The quantitative estimate of drug-likeness (QED) is 0.808. The van der Waals surface area contributed by atoms with Crippen LogP contribution in [0.4, 0.5) is 0 Å². The highest BCUT2D eigenvalue weighted by molar-refractivity contribution is 5.82. The van der Waals surface area contributed by atoms with Crippen LogP contribution in [0.1, 0.15) is 0 Å². The number of nitrogens with zero attached hydrogens (tertiary/aromatic N) is 2. The number of aromatic hydroxyl groups is 1. The van der Waals surface area contributed by atoms with Crippen molar-refractivity contribution in [3.63, 3.8) is 0 Å². The lowest BCUT2D eigenvalue weighted by atomic mass is 10.3. The molecule has 0 saturated carbocycles. The lowest BCUT2D eigenvalue weighted by Gasteiger charge is -2.10. The summed E-state index contributed by atoms with van der Waals surface area (Å²) in [7, 11) is 3.09. The zero-order valence-electron chi connectivity index (χ0n) is 10.2. The lowest BCUT2D eigenvalue weighted by Crippen LogP contribution is -2.06. The summed E-state index contributed by atoms with van der Waals surface area (Å²) >= 11 is 0. The van der Waals surface area contributed by atoms with E-state index < -0.39 is 0 Å². The van der Waals surface area contributed by atoms with Crippen LogP contribution in [0.3, 0.4) is 0 Å². The Bertz CT molecular complexity index is 545. The van der Waals surface area contributed by atoms with Crippen molar-refractivity contribution in [2.45, 2.75) is 0 Å². The van der Waals surface area contributed by atoms with Crippen molar-refractivity contribution >= 4 is 11.0 Å². The average molecular weight is 250 g/mol. The van der Waals surface area contributed by atoms with Crippen molar-refractivity contribution in [1.82, 2.24) is 9.97 Å². The second kappa shape index (κ2) is 5.50. The number of methoxy groups -OCH3 is 2. The second-order valence-electron chi connectivity index (χ2n) is 3.53. The van der Waals surface area contributed by atoms with Gasteiger partial charge in [-0.3, -0.25) is 4.98 Å². The molecule has 0 aliphatic carbocycles. The Kier molecular flexibility index (Phi) is 3.78. The minimum absolute atomic E-state index is 0.0572. The highest BCUT2D eigenvalue weighted by Crippen LogP contribution is 2.31. The summed E-state index contributed by atoms with van der Waals surface area (Å²) in [4.78, 5) is 8.29. The van der Waals surface area contributed by atoms with Crippen LogP contribution in [0.2, 0.25) is 0 Å². The van der Waals surface area contributed by atoms with Gasteiger partial charge in [-0.15, -0.1) is 0 Å². The largest absolute Gasteiger partial charge is 0.506 e. The van der Waals surface area contributed by atoms with Gasteiger partial charge in [0.15, 0.2) is 5.75 Å². The zero-order valence-corrected chi connectivity index (χ0v) is 10.2. The lowest BCUT2D eigenvalue weighted by molar-refractivity contribution is 0.144. The fourth-order valence-electron chi connectivity index (χ4n) is 1.51. The Hall–Kier alpha value is -2.08. The molecular formula is C12H14N2O4. The van der Waals surface area contributed by atoms with E-state index in [9.17, 15) is 5.11 Å². The molecule has 0 aliphatic rings. The summed E-state index contributed by atoms with van der Waals surface area (Å²) in [6, 6.07) is 3.15. The van der Waals surface area contributed by atoms with Gasteiger partial charge in [-0.05, 0) is 0 Å². The van der Waals surface area contributed by atoms with Gasteiger partial charge in [-0.25, -0.2) is 4.98 Å². The summed E-state index contributed by atoms with van der Waals surface area (Å²) in [6.07, 6.45) is 1.50. The maximum Gasteiger partial charge on any atom is 0.257 e. The molecule has 2 rings (SSSR count). The SMILES string of the molecule is COCCOc1cc2nccc(O)c2nc1OC. The first kappa shape index (κ1) is 12.4. The maximum absolute atomic E-state index is 9.68. The van der Waals surface area contributed by atoms with Crippen molar-refractivity contribution < 1.29 is 19.3 Å². The Morgan fingerprint density at radius 2 is 2.11 bits per heavy atom. The molecule has 1 N–H and O–H groups in total. The third kappa shape index (κ3) is 2.43. The molecule has 0 fully saturated rings. The molecule has 0 radical (unpaired) electrons. The second-order valence-corrected chi connectivity index (χ2v) is 3.53. The molecule has 6 heteroatoms. The maximum atomic E-state index is 9.68. The van der Waals surface area contributed by atoms with E-state index in [0.29, 0.717) is 35.9 Å². The zero-order chi connectivity index (χ0) is 13.0. The monoisotopic (exact) mass is 250 g/mol. The Balaban J connectivity index is 2.39. The van der Waals surface area contributed by atoms with Crippen LogP contribution in [0.15, 0.2) is 18.3 Å². The molecule has 2 aromatic heterocycles. The number of aromatic nitrogens is 2. The molecule has 18 heavy (non-hydrogen) atoms. The number of rotatable bonds is 5. The molecule has 2 aromatic rings. The van der Waals surface area contributed by atoms with Crippen LogP contribution >= 0.6 is 0 Å². The first-order valence-corrected chi connectivity index (χ1v) is 5.40. The number of ether oxygens (including phenoxy) is 3. The molecule has 0 saturated heterocycles. The van der Waals surface area contributed by atoms with E-state index in [0.717, 1.165) is 0 Å². The van der Waals surface area contributed by atoms with E-state index in [1.807, 2.05) is 0 Å². The van der Waals surface area contributed by atoms with Crippen LogP contribution in [0.5, 0.6) is 17.4 Å². The van der Waals surface area contributed by atoms with E-state index >= 15 is 0 Å². The van der Waals surface area contributed by atoms with Crippen molar-refractivity contribution in [1.29, 1.82) is 0 Å². The van der Waals surface area contributed by atoms with Gasteiger partial charge in [-0.1, -0.05) is 0 Å². The third-order valence-corrected chi connectivity index (χ3v) is 2.36. The van der Waals surface area contributed by atoms with Crippen molar-refractivity contribution in [2.24, 2.45) is 0 Å². The van der Waals surface area contributed by atoms with Gasteiger partial charge in [-0.2, -0.15) is 0 Å². The van der Waals surface area contributed by atoms with Crippen molar-refractivity contribution in [3.05, 3.63) is 18.3 Å². The normalized spacial score (nSPS) is 10.6. The predicted molar refractivity (Wildman–Crippen MR) is 65.1 cm³/mol. The van der Waals surface area contributed by atoms with Gasteiger partial charge < -0.3 is 19.3 Å². The predicted octanol–water partition coefficient (Wildman–Crippen LogP) is 1.37. The molecule has 0 spiro atoms. The Labute approximate surface area is 104 Å². The molecule has 0 aromatic carbocycles. The van der Waals surface area contributed by atoms with E-state index in [1.165, 1.54) is 19.4 Å². The molecule has 2 heterocycles. The molecule has 0 unspecified atom stereocenters. The Morgan fingerprint density at radius 1 is 1.28 bits per heavy atom. The fraction of sp³-hybridized carbons (Fsp3) is 0.333. The first-order chi connectivity index (χ1) is 8.76. The van der Waals surface area contributed by atoms with Crippen LogP contribution in [-0.2, 0) is 4.74 Å². The van der Waals surface area contributed by atoms with Crippen LogP contribution in [0, 0.1) is 0 Å². The number of pyridine rings is 2. The van der Waals surface area contributed by atoms with Crippen molar-refractivity contribution in [2.75, 3.05) is 27.4 Å². The summed E-state index contributed by atoms with van der Waals surface area (Å²) < 4.78 is 15.5. The van der Waals surface area contributed by atoms with Crippen molar-refractivity contribution in [3.8, 4) is 17.4 Å². The van der Waals surface area contributed by atoms with E-state index in [2.05, 4.69) is 9.97 Å². The third-order valence-electron chi connectivity index (χ3n) is 2.36. The van der Waals surface area contributed by atoms with E-state index in [4.69, 9.17) is 14.2 Å². The minimum Gasteiger partial charge on any atom is -0.506 e. The summed E-state index contributed by atoms with van der Waals surface area (Å²) in [6.45, 7) is 0.855. The van der Waals surface area contributed by atoms with Crippen LogP contribution in [-0.4, -0.2) is 42.5 Å². The number of fused-ring (bicyclic) bond motifs is 1. The molecule has 0 aliphatic heterocycles. The van der Waals surface area contributed by atoms with E-state index in [1.54, 1.807) is 13.2 Å². The first-order valence-electron chi connectivity index (χ1n) is 5.40. The highest BCUT2D eigenvalue weighted by Gasteiger charge is 2.11. The average Bonchev–Trinajstić information content (AvgIpc) is 2.39. The molecule has 6 nitrogen and oxygen atoms in total. The van der Waals surface area contributed by atoms with Crippen LogP contribution in [0.25, 0.3) is 11.0 Å². The summed E-state index contributed by atoms with van der Waals surface area (Å²) in [5.74, 6) is 0.837. The van der Waals surface area contributed by atoms with E-state index in [-0.39, 0.29) is 5.75 Å². The molecular weight excluding hydrogens is 236 g/mol. The van der Waals surface area contributed by atoms with Gasteiger partial charge in [0, 0.05) is 25.4 Å². The van der Waals surface area contributed by atoms with Gasteiger partial charge in [0.25, 0.3) is 5.88 Å². The van der Waals surface area contributed by atoms with Gasteiger partial charge in [0.1, 0.15) is 17.9 Å². The minimum atomic E-state index is 0.0572. The molecule has 0 bridgehead atoms. The number of hydrogen-bond donors (Lipinski definition) is 1. The van der Waals surface area contributed by atoms with Crippen LogP contribution < -0.4 is 9.47 Å². The molecule has 96 valence electrons. The highest BCUT2D eigenvalue weighted by atomic mass is 16.5. The van der Waals surface area contributed by atoms with Gasteiger partial charge >= 0.3 is 0 Å². The fourth-order valence-corrected chi connectivity index (χ4v) is 1.51.